The molecule has 72 heavy (non-hydrogen) atoms. The number of pyridine rings is 1. The Morgan fingerprint density at radius 1 is 0.597 bits per heavy atom. The van der Waals surface area contributed by atoms with Crippen LogP contribution in [0.2, 0.25) is 6.32 Å². The van der Waals surface area contributed by atoms with E-state index < -0.39 is 11.5 Å². The SMILES string of the molecule is [2H]c1c([2H])c([2H])c(-c2cc(C(C)(C)C)cc(-c3cc(C(C)(C)C)cc(C(C)(C)C)c3)c2-n2[c](=[Pt])n(-c3[c-]c(Oc4[c-]c5c(cc4)-c4ccnn4B(CC)N5c4cc(C(C)(C)C)ccn4)ccc3)c3ccccc32)c([2H])c1[2H]. The number of imidazole rings is 1. The van der Waals surface area contributed by atoms with Crippen LogP contribution in [0.3, 0.4) is 0 Å². The molecular weight excluding hydrogens is 1060 g/mol. The summed E-state index contributed by atoms with van der Waals surface area (Å²) in [4.78, 5) is 7.14. The fourth-order valence-corrected chi connectivity index (χ4v) is 10.7. The average Bonchev–Trinajstić information content (AvgIpc) is 4.01. The van der Waals surface area contributed by atoms with Crippen molar-refractivity contribution in [2.24, 2.45) is 0 Å². The van der Waals surface area contributed by atoms with Crippen LogP contribution in [0.15, 0.2) is 146 Å². The minimum absolute atomic E-state index is 0.0907. The van der Waals surface area contributed by atoms with Crippen molar-refractivity contribution in [2.75, 3.05) is 4.81 Å². The second-order valence-corrected chi connectivity index (χ2v) is 24.0. The summed E-state index contributed by atoms with van der Waals surface area (Å²) in [6, 6.07) is 41.0. The van der Waals surface area contributed by atoms with Gasteiger partial charge >= 0.3 is 385 Å². The topological polar surface area (TPSA) is 53.0 Å². The van der Waals surface area contributed by atoms with Gasteiger partial charge in [-0.05, 0) is 17.0 Å². The number of nitrogens with zero attached hydrogens (tertiary/aromatic N) is 6. The van der Waals surface area contributed by atoms with Crippen molar-refractivity contribution in [1.29, 1.82) is 0 Å². The molecule has 0 bridgehead atoms. The molecule has 0 unspecified atom stereocenters. The Hall–Kier alpha value is -6.50. The molecule has 0 saturated heterocycles. The van der Waals surface area contributed by atoms with Crippen LogP contribution in [0.1, 0.15) is 119 Å². The van der Waals surface area contributed by atoms with E-state index in [1.54, 1.807) is 0 Å². The van der Waals surface area contributed by atoms with Crippen molar-refractivity contribution in [3.8, 4) is 56.4 Å². The summed E-state index contributed by atoms with van der Waals surface area (Å²) in [6.07, 6.45) is 4.49. The first-order chi connectivity index (χ1) is 36.2. The van der Waals surface area contributed by atoms with E-state index >= 15 is 0 Å². The first-order valence-electron chi connectivity index (χ1n) is 27.3. The van der Waals surface area contributed by atoms with Crippen molar-refractivity contribution in [3.05, 3.63) is 184 Å². The van der Waals surface area contributed by atoms with Crippen LogP contribution >= 0.6 is 0 Å². The number of hydrogen-bond donors (Lipinski definition) is 0. The second-order valence-electron chi connectivity index (χ2n) is 23.0. The molecule has 1 aliphatic rings. The molecule has 0 atom stereocenters. The number of benzene rings is 6. The zero-order chi connectivity index (χ0) is 55.4. The fraction of sp³-hybridized carbons (Fsp3) is 0.286. The molecule has 0 aliphatic carbocycles. The molecule has 0 spiro atoms. The van der Waals surface area contributed by atoms with Crippen molar-refractivity contribution in [1.82, 2.24) is 23.8 Å². The van der Waals surface area contributed by atoms with Gasteiger partial charge in [-0.1, -0.05) is 27.7 Å². The van der Waals surface area contributed by atoms with Gasteiger partial charge in [0.2, 0.25) is 0 Å². The summed E-state index contributed by atoms with van der Waals surface area (Å²) < 4.78 is 59.5. The van der Waals surface area contributed by atoms with Gasteiger partial charge < -0.3 is 0 Å². The van der Waals surface area contributed by atoms with Crippen LogP contribution in [0.25, 0.3) is 55.9 Å². The monoisotopic (exact) mass is 1130 g/mol. The molecule has 0 saturated carbocycles. The summed E-state index contributed by atoms with van der Waals surface area (Å²) in [5.41, 5.74) is 12.0. The molecule has 0 fully saturated rings. The Bertz CT molecular complexity index is 3830. The number of aromatic nitrogens is 5. The molecule has 0 radical (unpaired) electrons. The molecule has 10 rings (SSSR count). The van der Waals surface area contributed by atoms with Crippen LogP contribution < -0.4 is 9.55 Å². The second kappa shape index (κ2) is 18.2. The number of fused-ring (bicyclic) bond motifs is 4. The summed E-state index contributed by atoms with van der Waals surface area (Å²) in [6.45, 7) is 28.4. The van der Waals surface area contributed by atoms with E-state index in [1.165, 1.54) is 5.56 Å². The van der Waals surface area contributed by atoms with E-state index in [0.717, 1.165) is 71.7 Å². The fourth-order valence-electron chi connectivity index (χ4n) is 9.63. The van der Waals surface area contributed by atoms with Gasteiger partial charge in [-0.2, -0.15) is 5.10 Å². The molecular formula is C63H65BN6OPt-2. The van der Waals surface area contributed by atoms with Crippen molar-refractivity contribution in [3.63, 3.8) is 0 Å². The van der Waals surface area contributed by atoms with Crippen molar-refractivity contribution < 1.29 is 30.9 Å². The third-order valence-electron chi connectivity index (χ3n) is 13.8. The zero-order valence-corrected chi connectivity index (χ0v) is 45.9. The van der Waals surface area contributed by atoms with E-state index in [2.05, 4.69) is 195 Å². The maximum absolute atomic E-state index is 9.50. The molecule has 0 N–H and O–H groups in total. The van der Waals surface area contributed by atoms with Gasteiger partial charge in [0.1, 0.15) is 0 Å². The predicted molar refractivity (Wildman–Crippen MR) is 295 cm³/mol. The summed E-state index contributed by atoms with van der Waals surface area (Å²) >= 11 is 2.37. The summed E-state index contributed by atoms with van der Waals surface area (Å²) in [5, 5.41) is 4.78. The molecule has 1 aliphatic heterocycles. The first kappa shape index (κ1) is 43.1. The average molecular weight is 1130 g/mol. The molecule has 4 heterocycles. The number of anilines is 2. The quantitative estimate of drug-likeness (QED) is 0.112. The molecule has 7 nitrogen and oxygen atoms in total. The van der Waals surface area contributed by atoms with Crippen LogP contribution in [-0.2, 0) is 41.0 Å². The molecule has 6 aromatic carbocycles. The Balaban J connectivity index is 1.19. The van der Waals surface area contributed by atoms with Gasteiger partial charge in [0.15, 0.2) is 0 Å². The van der Waals surface area contributed by atoms with Gasteiger partial charge in [0.25, 0.3) is 0 Å². The number of rotatable bonds is 8. The van der Waals surface area contributed by atoms with Crippen LogP contribution in [-0.4, -0.2) is 30.8 Å². The standard InChI is InChI=1S/C63H65BN6O.Pt/c1-14-64-69(58-38-44(29-31-65-58)60(2,3)4)57-40-50(27-28-51(57)54-30-32-66-70(54)64)71-49-24-20-23-48(39-49)67-41-68(56-26-19-18-25-55(56)67)59-52(42-21-16-15-17-22-42)36-47(63(11,12)13)37-53(59)43-33-45(61(5,6)7)35-46(34-43)62(8,9)10;/h15-38H,14H2,1-13H3;/q-2;/i15D,16D,17D,21D,22D;. The number of hydrogen-bond acceptors (Lipinski definition) is 4. The van der Waals surface area contributed by atoms with Gasteiger partial charge in [-0.15, -0.1) is 0 Å². The van der Waals surface area contributed by atoms with Crippen LogP contribution in [0.5, 0.6) is 11.5 Å². The van der Waals surface area contributed by atoms with Gasteiger partial charge in [0.05, 0.1) is 0 Å². The third kappa shape index (κ3) is 9.06. The van der Waals surface area contributed by atoms with E-state index in [4.69, 9.17) is 18.9 Å². The number of ether oxygens (including phenoxy) is 1. The first-order valence-corrected chi connectivity index (χ1v) is 26.0. The Labute approximate surface area is 445 Å². The minimum atomic E-state index is -0.437. The Morgan fingerprint density at radius 2 is 1.21 bits per heavy atom. The third-order valence-corrected chi connectivity index (χ3v) is 14.8. The Kier molecular flexibility index (Phi) is 10.9. The van der Waals surface area contributed by atoms with Gasteiger partial charge in [-0.25, -0.2) is 0 Å². The maximum atomic E-state index is 9.50. The zero-order valence-electron chi connectivity index (χ0n) is 48.7. The van der Waals surface area contributed by atoms with E-state index in [-0.39, 0.29) is 53.0 Å². The summed E-state index contributed by atoms with van der Waals surface area (Å²) in [5.74, 6) is 1.80. The normalized spacial score (nSPS) is 14.1. The molecule has 9 aromatic rings. The number of para-hydroxylation sites is 2. The van der Waals surface area contributed by atoms with Crippen molar-refractivity contribution >= 4 is 29.5 Å². The van der Waals surface area contributed by atoms with E-state index in [9.17, 15) is 2.74 Å². The molecule has 9 heteroatoms. The van der Waals surface area contributed by atoms with E-state index in [1.807, 2.05) is 60.9 Å². The van der Waals surface area contributed by atoms with Crippen molar-refractivity contribution in [2.45, 2.75) is 118 Å². The molecule has 368 valence electrons. The van der Waals surface area contributed by atoms with Crippen LogP contribution in [0, 0.1) is 15.9 Å². The molecule has 0 amide bonds. The predicted octanol–water partition coefficient (Wildman–Crippen LogP) is 16.2. The Morgan fingerprint density at radius 3 is 1.85 bits per heavy atom. The summed E-state index contributed by atoms with van der Waals surface area (Å²) in [7, 11) is 0. The van der Waals surface area contributed by atoms with Gasteiger partial charge in [0, 0.05) is 12.4 Å². The van der Waals surface area contributed by atoms with Gasteiger partial charge in [-0.3, -0.25) is 0 Å². The van der Waals surface area contributed by atoms with Crippen LogP contribution in [0.4, 0.5) is 11.5 Å². The molecule has 3 aromatic heterocycles. The van der Waals surface area contributed by atoms with E-state index in [0.29, 0.717) is 28.4 Å².